The summed E-state index contributed by atoms with van der Waals surface area (Å²) in [7, 11) is 0. The number of alkyl halides is 3. The number of halogens is 4. The molecule has 1 aromatic carbocycles. The van der Waals surface area contributed by atoms with Gasteiger partial charge in [0.15, 0.2) is 5.57 Å². The van der Waals surface area contributed by atoms with Crippen LogP contribution in [0.4, 0.5) is 18.9 Å². The summed E-state index contributed by atoms with van der Waals surface area (Å²) < 4.78 is 50.5. The van der Waals surface area contributed by atoms with Crippen LogP contribution in [0.5, 0.6) is 5.75 Å². The van der Waals surface area contributed by atoms with Crippen LogP contribution in [-0.4, -0.2) is 24.1 Å². The highest BCUT2D eigenvalue weighted by molar-refractivity contribution is 9.10. The molecule has 0 radical (unpaired) electrons. The molecule has 10 heteroatoms. The Morgan fingerprint density at radius 1 is 1.21 bits per heavy atom. The molecule has 0 unspecified atom stereocenters. The van der Waals surface area contributed by atoms with Crippen molar-refractivity contribution in [2.45, 2.75) is 26.0 Å². The molecule has 24 heavy (non-hydrogen) atoms. The number of anilines is 1. The zero-order valence-corrected chi connectivity index (χ0v) is 13.9. The van der Waals surface area contributed by atoms with Crippen molar-refractivity contribution in [1.82, 2.24) is 0 Å². The molecule has 0 atom stereocenters. The number of hydrogen-bond acceptors (Lipinski definition) is 6. The third kappa shape index (κ3) is 4.40. The summed E-state index contributed by atoms with van der Waals surface area (Å²) in [5.74, 6) is -3.70. The van der Waals surface area contributed by atoms with Gasteiger partial charge in [-0.15, -0.1) is 13.2 Å². The molecule has 6 nitrogen and oxygen atoms in total. The first-order valence-electron chi connectivity index (χ1n) is 6.46. The van der Waals surface area contributed by atoms with Crippen LogP contribution >= 0.6 is 15.9 Å². The average Bonchev–Trinajstić information content (AvgIpc) is 2.38. The average molecular weight is 410 g/mol. The van der Waals surface area contributed by atoms with Crippen LogP contribution in [0.15, 0.2) is 34.4 Å². The smallest absolute Gasteiger partial charge is 0.419 e. The number of hydrogen-bond donors (Lipinski definition) is 1. The first-order valence-corrected chi connectivity index (χ1v) is 7.25. The Morgan fingerprint density at radius 2 is 1.79 bits per heavy atom. The lowest BCUT2D eigenvalue weighted by Gasteiger charge is -2.29. The van der Waals surface area contributed by atoms with Crippen molar-refractivity contribution in [3.8, 4) is 5.75 Å². The van der Waals surface area contributed by atoms with Gasteiger partial charge in [0.1, 0.15) is 5.75 Å². The SMILES string of the molecule is CC1(C)OC(=O)C(=CNc2cccc(OC(F)(F)F)c2Br)C(=O)O1. The molecule has 1 aliphatic heterocycles. The summed E-state index contributed by atoms with van der Waals surface area (Å²) in [6.07, 6.45) is -3.88. The molecule has 0 aliphatic carbocycles. The molecule has 0 amide bonds. The molecule has 1 heterocycles. The van der Waals surface area contributed by atoms with Crippen molar-refractivity contribution in [2.24, 2.45) is 0 Å². The number of nitrogens with one attached hydrogen (secondary N) is 1. The van der Waals surface area contributed by atoms with Gasteiger partial charge in [-0.25, -0.2) is 9.59 Å². The lowest BCUT2D eigenvalue weighted by atomic mass is 10.2. The number of ether oxygens (including phenoxy) is 3. The largest absolute Gasteiger partial charge is 0.573 e. The van der Waals surface area contributed by atoms with Crippen LogP contribution < -0.4 is 10.1 Å². The molecular formula is C14H11BrF3NO5. The standard InChI is InChI=1S/C14H11BrF3NO5/c1-13(2)23-11(20)7(12(21)24-13)6-19-8-4-3-5-9(10(8)15)22-14(16,17)18/h3-6,19H,1-2H3. The van der Waals surface area contributed by atoms with E-state index < -0.39 is 35.4 Å². The van der Waals surface area contributed by atoms with Crippen LogP contribution in [0.3, 0.4) is 0 Å². The van der Waals surface area contributed by atoms with Crippen LogP contribution in [-0.2, 0) is 19.1 Å². The van der Waals surface area contributed by atoms with Gasteiger partial charge in [0.25, 0.3) is 5.79 Å². The van der Waals surface area contributed by atoms with E-state index in [0.29, 0.717) is 0 Å². The van der Waals surface area contributed by atoms with Gasteiger partial charge in [0.2, 0.25) is 0 Å². The van der Waals surface area contributed by atoms with E-state index in [0.717, 1.165) is 12.3 Å². The van der Waals surface area contributed by atoms with E-state index in [-0.39, 0.29) is 10.2 Å². The second-order valence-electron chi connectivity index (χ2n) is 5.05. The summed E-state index contributed by atoms with van der Waals surface area (Å²) >= 11 is 2.96. The second kappa shape index (κ2) is 6.34. The molecule has 0 saturated carbocycles. The Hall–Kier alpha value is -2.23. The summed E-state index contributed by atoms with van der Waals surface area (Å²) in [5.41, 5.74) is -0.293. The maximum atomic E-state index is 12.3. The molecule has 1 fully saturated rings. The van der Waals surface area contributed by atoms with Crippen LogP contribution in [0.25, 0.3) is 0 Å². The van der Waals surface area contributed by atoms with Gasteiger partial charge in [-0.2, -0.15) is 0 Å². The number of benzene rings is 1. The summed E-state index contributed by atoms with van der Waals surface area (Å²) in [5, 5.41) is 2.54. The van der Waals surface area contributed by atoms with Crippen molar-refractivity contribution >= 4 is 33.6 Å². The number of rotatable bonds is 3. The number of carbonyl (C=O) groups is 2. The summed E-state index contributed by atoms with van der Waals surface area (Å²) in [6.45, 7) is 2.78. The fraction of sp³-hybridized carbons (Fsp3) is 0.286. The van der Waals surface area contributed by atoms with Crippen LogP contribution in [0, 0.1) is 0 Å². The van der Waals surface area contributed by atoms with Gasteiger partial charge in [0, 0.05) is 20.0 Å². The third-order valence-electron chi connectivity index (χ3n) is 2.68. The first kappa shape index (κ1) is 18.1. The minimum absolute atomic E-state index is 0.0444. The van der Waals surface area contributed by atoms with Gasteiger partial charge < -0.3 is 19.5 Å². The van der Waals surface area contributed by atoms with E-state index in [9.17, 15) is 22.8 Å². The first-order chi connectivity index (χ1) is 11.0. The van der Waals surface area contributed by atoms with Crippen molar-refractivity contribution in [1.29, 1.82) is 0 Å². The van der Waals surface area contributed by atoms with Gasteiger partial charge in [-0.3, -0.25) is 0 Å². The quantitative estimate of drug-likeness (QED) is 0.468. The van der Waals surface area contributed by atoms with Gasteiger partial charge in [0.05, 0.1) is 10.2 Å². The highest BCUT2D eigenvalue weighted by atomic mass is 79.9. The van der Waals surface area contributed by atoms with E-state index in [1.165, 1.54) is 26.0 Å². The lowest BCUT2D eigenvalue weighted by Crippen LogP contribution is -2.42. The van der Waals surface area contributed by atoms with E-state index >= 15 is 0 Å². The molecule has 0 bridgehead atoms. The number of carbonyl (C=O) groups excluding carboxylic acids is 2. The number of esters is 2. The zero-order valence-electron chi connectivity index (χ0n) is 12.4. The highest BCUT2D eigenvalue weighted by Crippen LogP contribution is 2.36. The van der Waals surface area contributed by atoms with Crippen molar-refractivity contribution in [2.75, 3.05) is 5.32 Å². The molecule has 1 N–H and O–H groups in total. The van der Waals surface area contributed by atoms with E-state index in [2.05, 4.69) is 26.0 Å². The fourth-order valence-electron chi connectivity index (χ4n) is 1.75. The molecule has 0 aromatic heterocycles. The molecule has 1 saturated heterocycles. The molecule has 2 rings (SSSR count). The minimum atomic E-state index is -4.86. The van der Waals surface area contributed by atoms with E-state index in [4.69, 9.17) is 9.47 Å². The summed E-state index contributed by atoms with van der Waals surface area (Å²) in [4.78, 5) is 23.5. The lowest BCUT2D eigenvalue weighted by molar-refractivity contribution is -0.274. The maximum absolute atomic E-state index is 12.3. The Bertz CT molecular complexity index is 693. The minimum Gasteiger partial charge on any atom is -0.419 e. The molecule has 1 aromatic rings. The Balaban J connectivity index is 2.22. The van der Waals surface area contributed by atoms with Gasteiger partial charge in [-0.1, -0.05) is 6.07 Å². The predicted molar refractivity (Wildman–Crippen MR) is 78.8 cm³/mol. The Labute approximate surface area is 142 Å². The molecule has 1 aliphatic rings. The van der Waals surface area contributed by atoms with Crippen LogP contribution in [0.2, 0.25) is 0 Å². The Morgan fingerprint density at radius 3 is 2.33 bits per heavy atom. The monoisotopic (exact) mass is 409 g/mol. The zero-order chi connectivity index (χ0) is 18.1. The molecule has 0 spiro atoms. The molecular weight excluding hydrogens is 399 g/mol. The van der Waals surface area contributed by atoms with Crippen LogP contribution in [0.1, 0.15) is 13.8 Å². The number of cyclic esters (lactones) is 2. The topological polar surface area (TPSA) is 73.9 Å². The fourth-order valence-corrected chi connectivity index (χ4v) is 2.21. The van der Waals surface area contributed by atoms with Crippen molar-refractivity contribution < 1.29 is 37.0 Å². The van der Waals surface area contributed by atoms with E-state index in [1.807, 2.05) is 0 Å². The third-order valence-corrected chi connectivity index (χ3v) is 3.50. The second-order valence-corrected chi connectivity index (χ2v) is 5.84. The normalized spacial score (nSPS) is 17.0. The molecule has 130 valence electrons. The van der Waals surface area contributed by atoms with Gasteiger partial charge in [-0.05, 0) is 28.1 Å². The maximum Gasteiger partial charge on any atom is 0.573 e. The van der Waals surface area contributed by atoms with Crippen molar-refractivity contribution in [3.05, 3.63) is 34.4 Å². The summed E-state index contributed by atoms with van der Waals surface area (Å²) in [6, 6.07) is 3.81. The highest BCUT2D eigenvalue weighted by Gasteiger charge is 2.39. The Kier molecular flexibility index (Phi) is 4.79. The van der Waals surface area contributed by atoms with Crippen molar-refractivity contribution in [3.63, 3.8) is 0 Å². The van der Waals surface area contributed by atoms with Gasteiger partial charge >= 0.3 is 18.3 Å². The predicted octanol–water partition coefficient (Wildman–Crippen LogP) is 3.48. The van der Waals surface area contributed by atoms with E-state index in [1.54, 1.807) is 0 Å².